The molecule has 0 aliphatic carbocycles. The lowest BCUT2D eigenvalue weighted by molar-refractivity contribution is -0.117. The summed E-state index contributed by atoms with van der Waals surface area (Å²) in [4.78, 5) is 14.3. The number of thioether (sulfide) groups is 1. The Kier molecular flexibility index (Phi) is 6.98. The number of likely N-dealkylation sites (N-methyl/N-ethyl adjacent to an activating group) is 1. The number of benzene rings is 1. The van der Waals surface area contributed by atoms with Crippen molar-refractivity contribution >= 4 is 40.6 Å². The molecule has 1 aromatic rings. The van der Waals surface area contributed by atoms with Crippen LogP contribution < -0.4 is 11.1 Å². The van der Waals surface area contributed by atoms with Crippen LogP contribution in [0.3, 0.4) is 0 Å². The lowest BCUT2D eigenvalue weighted by Crippen LogP contribution is -2.37. The number of nitrogens with two attached hydrogens (primary N) is 1. The van der Waals surface area contributed by atoms with Gasteiger partial charge in [-0.2, -0.15) is 11.8 Å². The molecule has 0 aliphatic heterocycles. The lowest BCUT2D eigenvalue weighted by atomic mass is 10.2. The fraction of sp³-hybridized carbons (Fsp3) is 0.429. The van der Waals surface area contributed by atoms with E-state index in [1.807, 2.05) is 30.1 Å². The van der Waals surface area contributed by atoms with E-state index in [1.165, 1.54) is 0 Å². The van der Waals surface area contributed by atoms with E-state index in [2.05, 4.69) is 18.5 Å². The maximum absolute atomic E-state index is 12.0. The largest absolute Gasteiger partial charge is 0.389 e. The Bertz CT molecular complexity index is 479. The van der Waals surface area contributed by atoms with Crippen molar-refractivity contribution in [3.63, 3.8) is 0 Å². The highest BCUT2D eigenvalue weighted by atomic mass is 32.2. The number of hydrogen-bond acceptors (Lipinski definition) is 4. The second kappa shape index (κ2) is 8.24. The minimum absolute atomic E-state index is 0.0412. The molecule has 3 N–H and O–H groups in total. The Labute approximate surface area is 130 Å². The summed E-state index contributed by atoms with van der Waals surface area (Å²) in [5.41, 5.74) is 7.04. The summed E-state index contributed by atoms with van der Waals surface area (Å²) in [5.74, 6) is 0.960. The molecule has 1 atom stereocenters. The first kappa shape index (κ1) is 16.9. The summed E-state index contributed by atoms with van der Waals surface area (Å²) < 4.78 is 0. The molecule has 0 fully saturated rings. The summed E-state index contributed by atoms with van der Waals surface area (Å²) in [7, 11) is 1.95. The minimum Gasteiger partial charge on any atom is -0.389 e. The van der Waals surface area contributed by atoms with Gasteiger partial charge in [0.05, 0.1) is 6.54 Å². The van der Waals surface area contributed by atoms with Crippen LogP contribution in [0.5, 0.6) is 0 Å². The number of amides is 1. The van der Waals surface area contributed by atoms with Crippen LogP contribution in [0.15, 0.2) is 24.3 Å². The molecule has 0 aromatic heterocycles. The van der Waals surface area contributed by atoms with E-state index in [1.54, 1.807) is 17.8 Å². The van der Waals surface area contributed by atoms with Gasteiger partial charge in [0.1, 0.15) is 4.99 Å². The van der Waals surface area contributed by atoms with Crippen LogP contribution in [0, 0.1) is 0 Å². The van der Waals surface area contributed by atoms with E-state index < -0.39 is 0 Å². The molecule has 1 rings (SSSR count). The van der Waals surface area contributed by atoms with Gasteiger partial charge in [-0.05, 0) is 32.4 Å². The highest BCUT2D eigenvalue weighted by molar-refractivity contribution is 7.98. The molecule has 0 spiro atoms. The number of hydrogen-bond donors (Lipinski definition) is 2. The van der Waals surface area contributed by atoms with E-state index in [0.717, 1.165) is 11.3 Å². The average Bonchev–Trinajstić information content (AvgIpc) is 2.39. The van der Waals surface area contributed by atoms with Crippen LogP contribution in [0.2, 0.25) is 0 Å². The maximum atomic E-state index is 12.0. The monoisotopic (exact) mass is 311 g/mol. The van der Waals surface area contributed by atoms with Crippen molar-refractivity contribution in [3.05, 3.63) is 29.8 Å². The average molecular weight is 311 g/mol. The van der Waals surface area contributed by atoms with Crippen LogP contribution >= 0.6 is 24.0 Å². The van der Waals surface area contributed by atoms with Crippen LogP contribution in [-0.2, 0) is 4.79 Å². The second-order valence-electron chi connectivity index (χ2n) is 4.71. The number of nitrogens with zero attached hydrogens (tertiary/aromatic N) is 1. The van der Waals surface area contributed by atoms with Crippen molar-refractivity contribution in [2.75, 3.05) is 30.9 Å². The number of nitrogens with one attached hydrogen (secondary N) is 1. The fourth-order valence-corrected chi connectivity index (χ4v) is 2.57. The van der Waals surface area contributed by atoms with Crippen LogP contribution in [-0.4, -0.2) is 47.4 Å². The first-order chi connectivity index (χ1) is 9.43. The van der Waals surface area contributed by atoms with Gasteiger partial charge in [-0.25, -0.2) is 0 Å². The predicted octanol–water partition coefficient (Wildman–Crippen LogP) is 1.94. The number of carbonyl (C=O) groups excluding carboxylic acids is 1. The van der Waals surface area contributed by atoms with Gasteiger partial charge in [0.2, 0.25) is 5.91 Å². The van der Waals surface area contributed by atoms with Gasteiger partial charge in [-0.1, -0.05) is 24.4 Å². The Hall–Kier alpha value is -1.11. The van der Waals surface area contributed by atoms with E-state index in [4.69, 9.17) is 18.0 Å². The molecule has 0 aliphatic rings. The van der Waals surface area contributed by atoms with Crippen molar-refractivity contribution in [1.29, 1.82) is 0 Å². The predicted molar refractivity (Wildman–Crippen MR) is 91.4 cm³/mol. The normalized spacial score (nSPS) is 12.2. The number of rotatable bonds is 7. The molecule has 0 saturated carbocycles. The van der Waals surface area contributed by atoms with Crippen LogP contribution in [0.1, 0.15) is 12.5 Å². The molecule has 0 radical (unpaired) electrons. The quantitative estimate of drug-likeness (QED) is 0.754. The third-order valence-corrected chi connectivity index (χ3v) is 4.04. The highest BCUT2D eigenvalue weighted by Gasteiger charge is 2.12. The van der Waals surface area contributed by atoms with E-state index in [-0.39, 0.29) is 5.91 Å². The highest BCUT2D eigenvalue weighted by Crippen LogP contribution is 2.11. The molecule has 0 heterocycles. The second-order valence-corrected chi connectivity index (χ2v) is 6.06. The van der Waals surface area contributed by atoms with Gasteiger partial charge >= 0.3 is 0 Å². The molecule has 1 amide bonds. The third-order valence-electron chi connectivity index (χ3n) is 2.98. The summed E-state index contributed by atoms with van der Waals surface area (Å²) >= 11 is 6.70. The van der Waals surface area contributed by atoms with Gasteiger partial charge in [-0.3, -0.25) is 9.69 Å². The zero-order chi connectivity index (χ0) is 15.1. The fourth-order valence-electron chi connectivity index (χ4n) is 1.70. The van der Waals surface area contributed by atoms with Gasteiger partial charge < -0.3 is 11.1 Å². The van der Waals surface area contributed by atoms with E-state index in [0.29, 0.717) is 23.3 Å². The van der Waals surface area contributed by atoms with Crippen molar-refractivity contribution < 1.29 is 4.79 Å². The zero-order valence-corrected chi connectivity index (χ0v) is 13.7. The van der Waals surface area contributed by atoms with Gasteiger partial charge in [0, 0.05) is 23.0 Å². The summed E-state index contributed by atoms with van der Waals surface area (Å²) in [6, 6.07) is 7.62. The Balaban J connectivity index is 2.58. The zero-order valence-electron chi connectivity index (χ0n) is 12.1. The topological polar surface area (TPSA) is 58.4 Å². The van der Waals surface area contributed by atoms with Crippen molar-refractivity contribution in [2.24, 2.45) is 5.73 Å². The summed E-state index contributed by atoms with van der Waals surface area (Å²) in [5, 5.41) is 2.86. The molecule has 1 unspecified atom stereocenters. The molecule has 110 valence electrons. The molecular formula is C14H21N3OS2. The number of anilines is 1. The Morgan fingerprint density at radius 2 is 2.25 bits per heavy atom. The van der Waals surface area contributed by atoms with E-state index in [9.17, 15) is 4.79 Å². The molecule has 1 aromatic carbocycles. The van der Waals surface area contributed by atoms with Gasteiger partial charge in [-0.15, -0.1) is 0 Å². The molecule has 20 heavy (non-hydrogen) atoms. The SMILES string of the molecule is CSCC(C)N(C)CC(=O)Nc1cccc(C(N)=S)c1. The molecule has 0 saturated heterocycles. The molecule has 4 nitrogen and oxygen atoms in total. The van der Waals surface area contributed by atoms with Gasteiger partial charge in [0.25, 0.3) is 0 Å². The number of carbonyl (C=O) groups is 1. The van der Waals surface area contributed by atoms with Gasteiger partial charge in [0.15, 0.2) is 0 Å². The van der Waals surface area contributed by atoms with E-state index >= 15 is 0 Å². The lowest BCUT2D eigenvalue weighted by Gasteiger charge is -2.23. The number of thiocarbonyl (C=S) groups is 1. The molecular weight excluding hydrogens is 290 g/mol. The standard InChI is InChI=1S/C14H21N3OS2/c1-10(9-20-3)17(2)8-13(18)16-12-6-4-5-11(7-12)14(15)19/h4-7,10H,8-9H2,1-3H3,(H2,15,19)(H,16,18). The Morgan fingerprint density at radius 1 is 1.55 bits per heavy atom. The minimum atomic E-state index is -0.0412. The van der Waals surface area contributed by atoms with Crippen LogP contribution in [0.25, 0.3) is 0 Å². The third kappa shape index (κ3) is 5.48. The summed E-state index contributed by atoms with van der Waals surface area (Å²) in [6.45, 7) is 2.47. The Morgan fingerprint density at radius 3 is 2.85 bits per heavy atom. The van der Waals surface area contributed by atoms with Crippen molar-refractivity contribution in [1.82, 2.24) is 4.90 Å². The first-order valence-electron chi connectivity index (χ1n) is 6.33. The summed E-state index contributed by atoms with van der Waals surface area (Å²) in [6.07, 6.45) is 2.06. The first-order valence-corrected chi connectivity index (χ1v) is 8.13. The smallest absolute Gasteiger partial charge is 0.238 e. The van der Waals surface area contributed by atoms with Crippen LogP contribution in [0.4, 0.5) is 5.69 Å². The molecule has 6 heteroatoms. The van der Waals surface area contributed by atoms with Crippen molar-refractivity contribution in [2.45, 2.75) is 13.0 Å². The molecule has 0 bridgehead atoms. The maximum Gasteiger partial charge on any atom is 0.238 e. The van der Waals surface area contributed by atoms with Crippen molar-refractivity contribution in [3.8, 4) is 0 Å².